The van der Waals surface area contributed by atoms with E-state index >= 15 is 0 Å². The average molecular weight is 333 g/mol. The molecule has 23 heavy (non-hydrogen) atoms. The van der Waals surface area contributed by atoms with E-state index in [-0.39, 0.29) is 10.6 Å². The zero-order valence-corrected chi connectivity index (χ0v) is 11.3. The van der Waals surface area contributed by atoms with Gasteiger partial charge in [-0.15, -0.1) is 32.7 Å². The maximum absolute atomic E-state index is 13.0. The van der Waals surface area contributed by atoms with Crippen LogP contribution in [0.1, 0.15) is 5.69 Å². The molecule has 0 fully saturated rings. The molecule has 0 unspecified atom stereocenters. The first kappa shape index (κ1) is 13.5. The first-order valence-corrected chi connectivity index (χ1v) is 5.96. The summed E-state index contributed by atoms with van der Waals surface area (Å²) in [6, 6.07) is 1.28. The molecular weight excluding hydrogens is 323 g/mol. The number of hydrogen-bond acceptors (Lipinski definition) is 7. The van der Waals surface area contributed by atoms with E-state index in [0.29, 0.717) is 9.77 Å². The average Bonchev–Trinajstić information content (AvgIpc) is 3.17. The highest BCUT2D eigenvalue weighted by molar-refractivity contribution is 5.26. The van der Waals surface area contributed by atoms with Crippen LogP contribution >= 0.6 is 0 Å². The van der Waals surface area contributed by atoms with Crippen LogP contribution in [-0.2, 0) is 20.0 Å². The van der Waals surface area contributed by atoms with Gasteiger partial charge >= 0.3 is 12.0 Å². The second-order valence-corrected chi connectivity index (χ2v) is 4.19. The molecule has 0 saturated carbocycles. The summed E-state index contributed by atoms with van der Waals surface area (Å²) in [5, 5.41) is 17.4. The van der Waals surface area contributed by atoms with Crippen molar-refractivity contribution in [3.8, 4) is 11.7 Å². The topological polar surface area (TPSA) is 121 Å². The van der Waals surface area contributed by atoms with Crippen molar-refractivity contribution in [1.82, 2.24) is 45.0 Å². The predicted octanol–water partition coefficient (Wildman–Crippen LogP) is -0.664. The van der Waals surface area contributed by atoms with E-state index in [1.165, 1.54) is 19.3 Å². The second-order valence-electron chi connectivity index (χ2n) is 4.19. The molecule has 0 saturated heterocycles. The number of aromatic nitrogens is 9. The van der Waals surface area contributed by atoms with Crippen molar-refractivity contribution in [2.75, 3.05) is 0 Å². The van der Waals surface area contributed by atoms with Crippen molar-refractivity contribution in [3.63, 3.8) is 0 Å². The third-order valence-corrected chi connectivity index (χ3v) is 2.70. The lowest BCUT2D eigenvalue weighted by atomic mass is 10.4. The number of rotatable bonds is 4. The largest absolute Gasteiger partial charge is 0.506 e. The smallest absolute Gasteiger partial charge is 0.470 e. The Labute approximate surface area is 125 Å². The molecule has 3 heterocycles. The fourth-order valence-corrected chi connectivity index (χ4v) is 1.67. The number of halogens is 3. The van der Waals surface area contributed by atoms with Crippen LogP contribution in [0.3, 0.4) is 0 Å². The molecule has 0 amide bonds. The van der Waals surface area contributed by atoms with Crippen molar-refractivity contribution in [3.05, 3.63) is 28.4 Å². The Morgan fingerprint density at radius 2 is 2.17 bits per heavy atom. The number of ether oxygens (including phenoxy) is 1. The Hall–Kier alpha value is -3.19. The van der Waals surface area contributed by atoms with Crippen molar-refractivity contribution >= 4 is 0 Å². The standard InChI is InChI=1S/C9H8F3N9O2/c1-19-8(22)20(18-17-19)7-5(4-23-6-2-3-13-14-6)21(16-15-7)9(10,11)12/h2-3H,4H2,1H3,(H,13,14)/i/hT. The highest BCUT2D eigenvalue weighted by Crippen LogP contribution is 2.25. The molecule has 1 N–H and O–H groups in total. The van der Waals surface area contributed by atoms with Crippen LogP contribution in [0, 0.1) is 0 Å². The lowest BCUT2D eigenvalue weighted by molar-refractivity contribution is -0.215. The molecule has 122 valence electrons. The van der Waals surface area contributed by atoms with Gasteiger partial charge < -0.3 is 4.74 Å². The molecule has 0 spiro atoms. The summed E-state index contributed by atoms with van der Waals surface area (Å²) in [5.74, 6) is -0.562. The van der Waals surface area contributed by atoms with Gasteiger partial charge in [0.1, 0.15) is 12.3 Å². The first-order valence-electron chi connectivity index (χ1n) is 6.41. The van der Waals surface area contributed by atoms with Gasteiger partial charge in [0.2, 0.25) is 11.7 Å². The van der Waals surface area contributed by atoms with E-state index in [1.54, 1.807) is 0 Å². The van der Waals surface area contributed by atoms with Crippen LogP contribution < -0.4 is 10.4 Å². The van der Waals surface area contributed by atoms with E-state index in [9.17, 15) is 18.0 Å². The third kappa shape index (κ3) is 2.65. The summed E-state index contributed by atoms with van der Waals surface area (Å²) in [4.78, 5) is 11.8. The van der Waals surface area contributed by atoms with E-state index in [2.05, 4.69) is 25.8 Å². The zero-order chi connectivity index (χ0) is 17.5. The number of aromatic amines is 1. The van der Waals surface area contributed by atoms with Crippen LogP contribution in [-0.4, -0.2) is 45.0 Å². The summed E-state index contributed by atoms with van der Waals surface area (Å²) in [7, 11) is 1.27. The van der Waals surface area contributed by atoms with Crippen LogP contribution in [0.15, 0.2) is 17.1 Å². The van der Waals surface area contributed by atoms with Crippen molar-refractivity contribution in [2.45, 2.75) is 12.9 Å². The lowest BCUT2D eigenvalue weighted by Crippen LogP contribution is -2.25. The minimum absolute atomic E-state index is 0.0858. The molecular formula is C9H8F3N9O2. The number of nitrogens with one attached hydrogen (secondary N) is 1. The summed E-state index contributed by atoms with van der Waals surface area (Å²) in [6.07, 6.45) is -3.66. The quantitative estimate of drug-likeness (QED) is 0.672. The first-order chi connectivity index (χ1) is 11.3. The molecule has 0 radical (unpaired) electrons. The molecule has 0 aliphatic rings. The molecule has 0 atom stereocenters. The molecule has 11 nitrogen and oxygen atoms in total. The highest BCUT2D eigenvalue weighted by atomic mass is 19.4. The molecule has 0 bridgehead atoms. The van der Waals surface area contributed by atoms with Gasteiger partial charge in [0.25, 0.3) is 0 Å². The summed E-state index contributed by atoms with van der Waals surface area (Å²) < 4.78 is 52.4. The molecule has 0 aliphatic heterocycles. The number of tetrazole rings is 1. The van der Waals surface area contributed by atoms with Crippen molar-refractivity contribution in [1.29, 1.82) is 0 Å². The van der Waals surface area contributed by atoms with E-state index < -0.39 is 30.1 Å². The normalized spacial score (nSPS) is 12.4. The van der Waals surface area contributed by atoms with E-state index in [4.69, 9.17) is 6.15 Å². The van der Waals surface area contributed by atoms with Gasteiger partial charge in [-0.2, -0.15) is 4.68 Å². The molecule has 3 aromatic rings. The molecule has 3 aromatic heterocycles. The van der Waals surface area contributed by atoms with Gasteiger partial charge in [-0.05, 0) is 10.4 Å². The van der Waals surface area contributed by atoms with E-state index in [0.717, 1.165) is 4.68 Å². The van der Waals surface area contributed by atoms with Gasteiger partial charge in [0, 0.05) is 19.3 Å². The highest BCUT2D eigenvalue weighted by Gasteiger charge is 2.37. The van der Waals surface area contributed by atoms with Gasteiger partial charge in [0.15, 0.2) is 1.41 Å². The third-order valence-electron chi connectivity index (χ3n) is 2.70. The van der Waals surface area contributed by atoms with Gasteiger partial charge in [0.05, 0.1) is 0 Å². The summed E-state index contributed by atoms with van der Waals surface area (Å²) >= 11 is 0. The van der Waals surface area contributed by atoms with Gasteiger partial charge in [-0.3, -0.25) is 5.09 Å². The molecule has 0 aromatic carbocycles. The molecule has 3 rings (SSSR count). The van der Waals surface area contributed by atoms with E-state index in [1.807, 2.05) is 0 Å². The maximum Gasteiger partial charge on any atom is 0.506 e. The zero-order valence-electron chi connectivity index (χ0n) is 12.3. The predicted molar refractivity (Wildman–Crippen MR) is 64.4 cm³/mol. The van der Waals surface area contributed by atoms with Crippen LogP contribution in [0.25, 0.3) is 5.82 Å². The van der Waals surface area contributed by atoms with Gasteiger partial charge in [-0.25, -0.2) is 4.79 Å². The summed E-state index contributed by atoms with van der Waals surface area (Å²) in [6.45, 7) is -0.665. The monoisotopic (exact) mass is 333 g/mol. The van der Waals surface area contributed by atoms with Crippen LogP contribution in [0.2, 0.25) is 1.41 Å². The number of H-pyrrole nitrogens is 1. The summed E-state index contributed by atoms with van der Waals surface area (Å²) in [5.41, 5.74) is -1.38. The minimum Gasteiger partial charge on any atom is -0.470 e. The minimum atomic E-state index is -4.88. The van der Waals surface area contributed by atoms with Crippen LogP contribution in [0.4, 0.5) is 13.2 Å². The van der Waals surface area contributed by atoms with Crippen molar-refractivity contribution < 1.29 is 19.3 Å². The Morgan fingerprint density at radius 1 is 1.39 bits per heavy atom. The Bertz CT molecular complexity index is 923. The number of alkyl halides is 3. The number of aryl methyl sites for hydroxylation is 1. The number of hydrogen-bond donors (Lipinski definition) is 1. The number of nitrogens with zero attached hydrogens (tertiary/aromatic N) is 8. The molecule has 0 aliphatic carbocycles. The second kappa shape index (κ2) is 5.22. The molecule has 14 heteroatoms. The fourth-order valence-electron chi connectivity index (χ4n) is 1.67. The SMILES string of the molecule is [3H]n1ccc(OCc2c(-n3nnn(C)c3=O)nnn2C(F)(F)F)n1. The Balaban J connectivity index is 2.02. The Morgan fingerprint density at radius 3 is 2.74 bits per heavy atom. The fraction of sp³-hybridized carbons (Fsp3) is 0.333. The van der Waals surface area contributed by atoms with Gasteiger partial charge in [-0.1, -0.05) is 5.21 Å². The van der Waals surface area contributed by atoms with Crippen molar-refractivity contribution in [2.24, 2.45) is 7.05 Å². The van der Waals surface area contributed by atoms with Crippen LogP contribution in [0.5, 0.6) is 5.88 Å². The maximum atomic E-state index is 13.0. The Kier molecular flexibility index (Phi) is 3.06. The lowest BCUT2D eigenvalue weighted by Gasteiger charge is -2.10.